The molecule has 0 radical (unpaired) electrons. The summed E-state index contributed by atoms with van der Waals surface area (Å²) in [6.45, 7) is 4.36. The fourth-order valence-corrected chi connectivity index (χ4v) is 1.79. The summed E-state index contributed by atoms with van der Waals surface area (Å²) in [5.41, 5.74) is -0.511. The van der Waals surface area contributed by atoms with Crippen LogP contribution >= 0.6 is 0 Å². The number of benzene rings is 1. The molecule has 2 nitrogen and oxygen atoms in total. The van der Waals surface area contributed by atoms with Crippen molar-refractivity contribution in [2.24, 2.45) is 5.41 Å². The molecule has 110 valence electrons. The van der Waals surface area contributed by atoms with E-state index in [4.69, 9.17) is 5.26 Å². The van der Waals surface area contributed by atoms with Crippen LogP contribution in [0.25, 0.3) is 0 Å². The zero-order valence-corrected chi connectivity index (χ0v) is 11.7. The highest BCUT2D eigenvalue weighted by Gasteiger charge is 2.30. The molecule has 0 aromatic heterocycles. The van der Waals surface area contributed by atoms with E-state index >= 15 is 0 Å². The minimum Gasteiger partial charge on any atom is -0.385 e. The lowest BCUT2D eigenvalue weighted by Crippen LogP contribution is -2.09. The van der Waals surface area contributed by atoms with Gasteiger partial charge >= 0.3 is 6.18 Å². The summed E-state index contributed by atoms with van der Waals surface area (Å²) >= 11 is 0. The number of halogens is 3. The first-order chi connectivity index (χ1) is 9.24. The summed E-state index contributed by atoms with van der Waals surface area (Å²) in [6.07, 6.45) is -1.84. The van der Waals surface area contributed by atoms with Gasteiger partial charge in [-0.2, -0.15) is 18.4 Å². The molecule has 0 unspecified atom stereocenters. The van der Waals surface area contributed by atoms with Gasteiger partial charge < -0.3 is 5.32 Å². The summed E-state index contributed by atoms with van der Waals surface area (Å²) in [5.74, 6) is 0. The molecule has 0 fully saturated rings. The lowest BCUT2D eigenvalue weighted by molar-refractivity contribution is -0.137. The molecular formula is C15H19F3N2. The van der Waals surface area contributed by atoms with Crippen molar-refractivity contribution < 1.29 is 13.2 Å². The highest BCUT2D eigenvalue weighted by atomic mass is 19.4. The molecule has 20 heavy (non-hydrogen) atoms. The molecule has 1 N–H and O–H groups in total. The third kappa shape index (κ3) is 5.52. The Bertz CT molecular complexity index is 473. The average molecular weight is 284 g/mol. The summed E-state index contributed by atoms with van der Waals surface area (Å²) in [6, 6.07) is 7.41. The number of hydrogen-bond donors (Lipinski definition) is 1. The van der Waals surface area contributed by atoms with Crippen LogP contribution in [-0.2, 0) is 6.18 Å². The summed E-state index contributed by atoms with van der Waals surface area (Å²) in [4.78, 5) is 0. The van der Waals surface area contributed by atoms with Gasteiger partial charge in [0.15, 0.2) is 0 Å². The maximum atomic E-state index is 12.5. The van der Waals surface area contributed by atoms with Crippen molar-refractivity contribution in [2.75, 3.05) is 11.9 Å². The fraction of sp³-hybridized carbons (Fsp3) is 0.533. The SMILES string of the molecule is CC(C)(C#N)CCCCNc1cccc(C(F)(F)F)c1. The standard InChI is InChI=1S/C15H19F3N2/c1-14(2,11-19)8-3-4-9-20-13-7-5-6-12(10-13)15(16,17)18/h5-7,10,20H,3-4,8-9H2,1-2H3. The van der Waals surface area contributed by atoms with E-state index in [1.807, 2.05) is 13.8 Å². The number of rotatable bonds is 6. The summed E-state index contributed by atoms with van der Waals surface area (Å²) < 4.78 is 37.6. The number of unbranched alkanes of at least 4 members (excludes halogenated alkanes) is 1. The summed E-state index contributed by atoms with van der Waals surface area (Å²) in [5, 5.41) is 11.8. The number of hydrogen-bond acceptors (Lipinski definition) is 2. The van der Waals surface area contributed by atoms with E-state index in [9.17, 15) is 13.2 Å². The van der Waals surface area contributed by atoms with Gasteiger partial charge in [-0.05, 0) is 44.9 Å². The van der Waals surface area contributed by atoms with E-state index in [-0.39, 0.29) is 5.41 Å². The Balaban J connectivity index is 2.38. The molecule has 5 heteroatoms. The van der Waals surface area contributed by atoms with Crippen LogP contribution in [0.3, 0.4) is 0 Å². The maximum Gasteiger partial charge on any atom is 0.416 e. The minimum absolute atomic E-state index is 0.337. The van der Waals surface area contributed by atoms with Gasteiger partial charge in [0.2, 0.25) is 0 Å². The predicted molar refractivity (Wildman–Crippen MR) is 73.2 cm³/mol. The second kappa shape index (κ2) is 6.65. The van der Waals surface area contributed by atoms with Crippen LogP contribution in [0.4, 0.5) is 18.9 Å². The second-order valence-corrected chi connectivity index (χ2v) is 5.46. The van der Waals surface area contributed by atoms with E-state index < -0.39 is 11.7 Å². The van der Waals surface area contributed by atoms with E-state index in [1.165, 1.54) is 6.07 Å². The highest BCUT2D eigenvalue weighted by Crippen LogP contribution is 2.30. The number of alkyl halides is 3. The molecule has 0 spiro atoms. The lowest BCUT2D eigenvalue weighted by Gasteiger charge is -2.15. The first-order valence-electron chi connectivity index (χ1n) is 6.57. The fourth-order valence-electron chi connectivity index (χ4n) is 1.79. The molecule has 1 rings (SSSR count). The Kier molecular flexibility index (Phi) is 5.43. The molecule has 0 aliphatic rings. The smallest absolute Gasteiger partial charge is 0.385 e. The molecule has 0 atom stereocenters. The van der Waals surface area contributed by atoms with Crippen LogP contribution < -0.4 is 5.32 Å². The van der Waals surface area contributed by atoms with E-state index in [0.29, 0.717) is 12.2 Å². The van der Waals surface area contributed by atoms with Gasteiger partial charge in [0, 0.05) is 12.2 Å². The van der Waals surface area contributed by atoms with Crippen LogP contribution in [0.15, 0.2) is 24.3 Å². The van der Waals surface area contributed by atoms with Crippen LogP contribution in [0.1, 0.15) is 38.7 Å². The van der Waals surface area contributed by atoms with Crippen molar-refractivity contribution >= 4 is 5.69 Å². The Labute approximate surface area is 117 Å². The van der Waals surface area contributed by atoms with Crippen LogP contribution in [0.5, 0.6) is 0 Å². The van der Waals surface area contributed by atoms with E-state index in [2.05, 4.69) is 11.4 Å². The molecule has 0 saturated heterocycles. The number of nitrogens with zero attached hydrogens (tertiary/aromatic N) is 1. The molecule has 0 saturated carbocycles. The lowest BCUT2D eigenvalue weighted by atomic mass is 9.89. The van der Waals surface area contributed by atoms with Gasteiger partial charge in [0.1, 0.15) is 0 Å². The van der Waals surface area contributed by atoms with Crippen LogP contribution in [-0.4, -0.2) is 6.54 Å². The van der Waals surface area contributed by atoms with Gasteiger partial charge in [-0.1, -0.05) is 12.5 Å². The van der Waals surface area contributed by atoms with Crippen molar-refractivity contribution in [3.05, 3.63) is 29.8 Å². The number of anilines is 1. The van der Waals surface area contributed by atoms with Crippen molar-refractivity contribution in [1.82, 2.24) is 0 Å². The molecule has 0 aliphatic carbocycles. The molecular weight excluding hydrogens is 265 g/mol. The van der Waals surface area contributed by atoms with Gasteiger partial charge in [0.05, 0.1) is 17.0 Å². The second-order valence-electron chi connectivity index (χ2n) is 5.46. The summed E-state index contributed by atoms with van der Waals surface area (Å²) in [7, 11) is 0. The zero-order chi connectivity index (χ0) is 15.2. The molecule has 1 aromatic carbocycles. The van der Waals surface area contributed by atoms with Crippen LogP contribution in [0, 0.1) is 16.7 Å². The minimum atomic E-state index is -4.31. The zero-order valence-electron chi connectivity index (χ0n) is 11.7. The Morgan fingerprint density at radius 1 is 1.20 bits per heavy atom. The Morgan fingerprint density at radius 2 is 1.90 bits per heavy atom. The van der Waals surface area contributed by atoms with E-state index in [0.717, 1.165) is 31.4 Å². The van der Waals surface area contributed by atoms with Gasteiger partial charge in [-0.15, -0.1) is 0 Å². The normalized spacial score (nSPS) is 12.0. The topological polar surface area (TPSA) is 35.8 Å². The van der Waals surface area contributed by atoms with Crippen molar-refractivity contribution in [3.63, 3.8) is 0 Å². The monoisotopic (exact) mass is 284 g/mol. The quantitative estimate of drug-likeness (QED) is 0.759. The van der Waals surface area contributed by atoms with Crippen molar-refractivity contribution in [2.45, 2.75) is 39.3 Å². The van der Waals surface area contributed by atoms with Crippen LogP contribution in [0.2, 0.25) is 0 Å². The maximum absolute atomic E-state index is 12.5. The average Bonchev–Trinajstić information content (AvgIpc) is 2.37. The molecule has 0 amide bonds. The number of nitriles is 1. The molecule has 1 aromatic rings. The first-order valence-corrected chi connectivity index (χ1v) is 6.57. The van der Waals surface area contributed by atoms with Crippen molar-refractivity contribution in [1.29, 1.82) is 5.26 Å². The molecule has 0 heterocycles. The Hall–Kier alpha value is -1.70. The highest BCUT2D eigenvalue weighted by molar-refractivity contribution is 5.46. The third-order valence-corrected chi connectivity index (χ3v) is 3.05. The predicted octanol–water partition coefficient (Wildman–Crippen LogP) is 4.84. The Morgan fingerprint density at radius 3 is 2.50 bits per heavy atom. The third-order valence-electron chi connectivity index (χ3n) is 3.05. The van der Waals surface area contributed by atoms with Gasteiger partial charge in [-0.3, -0.25) is 0 Å². The van der Waals surface area contributed by atoms with E-state index in [1.54, 1.807) is 6.07 Å². The largest absolute Gasteiger partial charge is 0.416 e. The van der Waals surface area contributed by atoms with Gasteiger partial charge in [0.25, 0.3) is 0 Å². The molecule has 0 bridgehead atoms. The first kappa shape index (κ1) is 16.4. The number of nitrogens with one attached hydrogen (secondary N) is 1. The van der Waals surface area contributed by atoms with Crippen molar-refractivity contribution in [3.8, 4) is 6.07 Å². The van der Waals surface area contributed by atoms with Gasteiger partial charge in [-0.25, -0.2) is 0 Å². The molecule has 0 aliphatic heterocycles.